The second kappa shape index (κ2) is 5.52. The first-order valence-corrected chi connectivity index (χ1v) is 7.85. The van der Waals surface area contributed by atoms with Crippen molar-refractivity contribution in [2.45, 2.75) is 18.2 Å². The van der Waals surface area contributed by atoms with Gasteiger partial charge in [0.1, 0.15) is 0 Å². The molecule has 0 bridgehead atoms. The highest BCUT2D eigenvalue weighted by molar-refractivity contribution is 9.09. The van der Waals surface area contributed by atoms with E-state index >= 15 is 0 Å². The van der Waals surface area contributed by atoms with Crippen molar-refractivity contribution in [1.82, 2.24) is 9.88 Å². The zero-order chi connectivity index (χ0) is 14.1. The number of benzene rings is 1. The van der Waals surface area contributed by atoms with Gasteiger partial charge in [-0.2, -0.15) is 0 Å². The number of likely N-dealkylation sites (tertiary alicyclic amines) is 1. The third-order valence-electron chi connectivity index (χ3n) is 3.95. The molecule has 1 aliphatic heterocycles. The standard InChI is InChI=1S/C16H17BrN2O/c1-11-10-19(9-7-14(11)17)16(20)13-6-2-4-12-5-3-8-18-15(12)13/h2-6,8,11,14H,7,9-10H2,1H3. The Labute approximate surface area is 127 Å². The zero-order valence-corrected chi connectivity index (χ0v) is 13.0. The number of pyridine rings is 1. The fourth-order valence-electron chi connectivity index (χ4n) is 2.75. The summed E-state index contributed by atoms with van der Waals surface area (Å²) in [5.41, 5.74) is 1.51. The molecule has 0 saturated carbocycles. The summed E-state index contributed by atoms with van der Waals surface area (Å²) in [5, 5.41) is 1.02. The molecule has 2 aromatic rings. The van der Waals surface area contributed by atoms with E-state index < -0.39 is 0 Å². The lowest BCUT2D eigenvalue weighted by Crippen LogP contribution is -2.43. The number of halogens is 1. The number of fused-ring (bicyclic) bond motifs is 1. The lowest BCUT2D eigenvalue weighted by molar-refractivity contribution is 0.0692. The highest BCUT2D eigenvalue weighted by Gasteiger charge is 2.28. The molecule has 2 heterocycles. The summed E-state index contributed by atoms with van der Waals surface area (Å²) < 4.78 is 0. The highest BCUT2D eigenvalue weighted by atomic mass is 79.9. The average Bonchev–Trinajstić information content (AvgIpc) is 2.49. The lowest BCUT2D eigenvalue weighted by Gasteiger charge is -2.34. The van der Waals surface area contributed by atoms with Crippen LogP contribution in [0.2, 0.25) is 0 Å². The number of hydrogen-bond donors (Lipinski definition) is 0. The summed E-state index contributed by atoms with van der Waals surface area (Å²) in [4.78, 5) is 19.6. The van der Waals surface area contributed by atoms with Crippen molar-refractivity contribution in [2.75, 3.05) is 13.1 Å². The van der Waals surface area contributed by atoms with E-state index in [4.69, 9.17) is 0 Å². The number of amides is 1. The van der Waals surface area contributed by atoms with Crippen molar-refractivity contribution >= 4 is 32.7 Å². The average molecular weight is 333 g/mol. The minimum absolute atomic E-state index is 0.0977. The predicted octanol–water partition coefficient (Wildman–Crippen LogP) is 3.48. The Morgan fingerprint density at radius 2 is 2.15 bits per heavy atom. The van der Waals surface area contributed by atoms with E-state index in [0.717, 1.165) is 30.4 Å². The van der Waals surface area contributed by atoms with Gasteiger partial charge in [-0.15, -0.1) is 0 Å². The Bertz CT molecular complexity index is 638. The Balaban J connectivity index is 1.93. The summed E-state index contributed by atoms with van der Waals surface area (Å²) in [6.07, 6.45) is 2.75. The smallest absolute Gasteiger partial charge is 0.256 e. The summed E-state index contributed by atoms with van der Waals surface area (Å²) in [7, 11) is 0. The van der Waals surface area contributed by atoms with Crippen molar-refractivity contribution in [3.05, 3.63) is 42.1 Å². The van der Waals surface area contributed by atoms with Gasteiger partial charge in [0.2, 0.25) is 0 Å². The third kappa shape index (κ3) is 2.44. The monoisotopic (exact) mass is 332 g/mol. The van der Waals surface area contributed by atoms with Crippen molar-refractivity contribution < 1.29 is 4.79 Å². The van der Waals surface area contributed by atoms with Gasteiger partial charge in [-0.05, 0) is 24.5 Å². The van der Waals surface area contributed by atoms with Gasteiger partial charge in [-0.3, -0.25) is 9.78 Å². The number of carbonyl (C=O) groups is 1. The predicted molar refractivity (Wildman–Crippen MR) is 84.1 cm³/mol. The largest absolute Gasteiger partial charge is 0.338 e. The number of piperidine rings is 1. The Morgan fingerprint density at radius 3 is 2.95 bits per heavy atom. The summed E-state index contributed by atoms with van der Waals surface area (Å²) in [5.74, 6) is 0.580. The van der Waals surface area contributed by atoms with Crippen LogP contribution < -0.4 is 0 Å². The molecule has 1 fully saturated rings. The van der Waals surface area contributed by atoms with E-state index in [0.29, 0.717) is 16.3 Å². The topological polar surface area (TPSA) is 33.2 Å². The fraction of sp³-hybridized carbons (Fsp3) is 0.375. The van der Waals surface area contributed by atoms with Gasteiger partial charge in [0, 0.05) is 29.5 Å². The maximum absolute atomic E-state index is 12.7. The molecule has 4 heteroatoms. The molecular weight excluding hydrogens is 316 g/mol. The molecule has 1 saturated heterocycles. The Hall–Kier alpha value is -1.42. The maximum atomic E-state index is 12.7. The first-order chi connectivity index (χ1) is 9.66. The number of rotatable bonds is 1. The number of hydrogen-bond acceptors (Lipinski definition) is 2. The Kier molecular flexibility index (Phi) is 3.74. The van der Waals surface area contributed by atoms with Crippen LogP contribution >= 0.6 is 15.9 Å². The molecule has 0 aliphatic carbocycles. The zero-order valence-electron chi connectivity index (χ0n) is 11.4. The molecule has 104 valence electrons. The molecule has 0 N–H and O–H groups in total. The van der Waals surface area contributed by atoms with E-state index in [-0.39, 0.29) is 5.91 Å². The number of para-hydroxylation sites is 1. The van der Waals surface area contributed by atoms with Crippen LogP contribution in [-0.2, 0) is 0 Å². The van der Waals surface area contributed by atoms with Crippen LogP contribution in [0.5, 0.6) is 0 Å². The molecule has 1 aromatic carbocycles. The molecule has 1 aromatic heterocycles. The number of alkyl halides is 1. The van der Waals surface area contributed by atoms with Gasteiger partial charge in [0.05, 0.1) is 11.1 Å². The van der Waals surface area contributed by atoms with Crippen molar-refractivity contribution in [2.24, 2.45) is 5.92 Å². The molecule has 0 radical (unpaired) electrons. The van der Waals surface area contributed by atoms with Crippen molar-refractivity contribution in [3.8, 4) is 0 Å². The molecule has 2 atom stereocenters. The van der Waals surface area contributed by atoms with E-state index in [9.17, 15) is 4.79 Å². The van der Waals surface area contributed by atoms with Crippen LogP contribution in [0.1, 0.15) is 23.7 Å². The van der Waals surface area contributed by atoms with Crippen LogP contribution in [0, 0.1) is 5.92 Å². The summed E-state index contributed by atoms with van der Waals surface area (Å²) >= 11 is 3.68. The summed E-state index contributed by atoms with van der Waals surface area (Å²) in [6, 6.07) is 9.69. The highest BCUT2D eigenvalue weighted by Crippen LogP contribution is 2.25. The summed E-state index contributed by atoms with van der Waals surface area (Å²) in [6.45, 7) is 3.79. The lowest BCUT2D eigenvalue weighted by atomic mass is 9.99. The fourth-order valence-corrected chi connectivity index (χ4v) is 3.12. The molecule has 3 nitrogen and oxygen atoms in total. The Morgan fingerprint density at radius 1 is 1.35 bits per heavy atom. The van der Waals surface area contributed by atoms with Gasteiger partial charge in [-0.25, -0.2) is 0 Å². The second-order valence-electron chi connectivity index (χ2n) is 5.41. The van der Waals surface area contributed by atoms with Gasteiger partial charge >= 0.3 is 0 Å². The number of carbonyl (C=O) groups excluding carboxylic acids is 1. The van der Waals surface area contributed by atoms with Gasteiger partial charge in [0.25, 0.3) is 5.91 Å². The molecular formula is C16H17BrN2O. The molecule has 3 rings (SSSR count). The molecule has 1 aliphatic rings. The molecule has 2 unspecified atom stereocenters. The van der Waals surface area contributed by atoms with Gasteiger partial charge < -0.3 is 4.90 Å². The van der Waals surface area contributed by atoms with Gasteiger partial charge in [0.15, 0.2) is 0 Å². The van der Waals surface area contributed by atoms with E-state index in [1.54, 1.807) is 6.20 Å². The van der Waals surface area contributed by atoms with Crippen LogP contribution in [0.25, 0.3) is 10.9 Å². The van der Waals surface area contributed by atoms with Crippen LogP contribution in [-0.4, -0.2) is 33.7 Å². The first kappa shape index (κ1) is 13.6. The van der Waals surface area contributed by atoms with E-state index in [2.05, 4.69) is 27.8 Å². The SMILES string of the molecule is CC1CN(C(=O)c2cccc3cccnc23)CCC1Br. The maximum Gasteiger partial charge on any atom is 0.256 e. The first-order valence-electron chi connectivity index (χ1n) is 6.94. The van der Waals surface area contributed by atoms with Crippen molar-refractivity contribution in [3.63, 3.8) is 0 Å². The van der Waals surface area contributed by atoms with Crippen LogP contribution in [0.3, 0.4) is 0 Å². The number of nitrogens with zero attached hydrogens (tertiary/aromatic N) is 2. The normalized spacial score (nSPS) is 23.0. The molecule has 0 spiro atoms. The number of aromatic nitrogens is 1. The quantitative estimate of drug-likeness (QED) is 0.749. The molecule has 20 heavy (non-hydrogen) atoms. The van der Waals surface area contributed by atoms with Crippen molar-refractivity contribution in [1.29, 1.82) is 0 Å². The second-order valence-corrected chi connectivity index (χ2v) is 6.59. The van der Waals surface area contributed by atoms with Gasteiger partial charge in [-0.1, -0.05) is 41.1 Å². The van der Waals surface area contributed by atoms with E-state index in [1.165, 1.54) is 0 Å². The van der Waals surface area contributed by atoms with E-state index in [1.807, 2.05) is 35.2 Å². The minimum atomic E-state index is 0.0977. The van der Waals surface area contributed by atoms with Crippen LogP contribution in [0.15, 0.2) is 36.5 Å². The minimum Gasteiger partial charge on any atom is -0.338 e. The molecule has 1 amide bonds. The third-order valence-corrected chi connectivity index (χ3v) is 5.31. The van der Waals surface area contributed by atoms with Crippen LogP contribution in [0.4, 0.5) is 0 Å².